The van der Waals surface area contributed by atoms with Gasteiger partial charge in [-0.2, -0.15) is 0 Å². The Balaban J connectivity index is 2.04. The van der Waals surface area contributed by atoms with Gasteiger partial charge in [0.1, 0.15) is 11.0 Å². The minimum Gasteiger partial charge on any atom is -0.267 e. The fraction of sp³-hybridized carbons (Fsp3) is 0.105. The molecule has 3 rings (SSSR count). The van der Waals surface area contributed by atoms with E-state index in [1.54, 1.807) is 37.3 Å². The number of benzene rings is 2. The van der Waals surface area contributed by atoms with Crippen molar-refractivity contribution < 1.29 is 17.4 Å². The molecule has 1 heterocycles. The van der Waals surface area contributed by atoms with Crippen LogP contribution in [0.15, 0.2) is 69.8 Å². The van der Waals surface area contributed by atoms with Gasteiger partial charge in [0.05, 0.1) is 20.4 Å². The predicted octanol–water partition coefficient (Wildman–Crippen LogP) is 4.48. The molecule has 0 unspecified atom stereocenters. The second kappa shape index (κ2) is 8.16. The van der Waals surface area contributed by atoms with E-state index in [4.69, 9.17) is 11.6 Å². The molecule has 0 saturated carbocycles. The molecular formula is C19H16ClNO4S3. The lowest BCUT2D eigenvalue weighted by molar-refractivity contribution is 0.101. The van der Waals surface area contributed by atoms with Crippen molar-refractivity contribution in [2.75, 3.05) is 10.6 Å². The van der Waals surface area contributed by atoms with E-state index in [1.807, 2.05) is 0 Å². The number of hydrogen-bond acceptors (Lipinski definition) is 5. The van der Waals surface area contributed by atoms with Gasteiger partial charge >= 0.3 is 0 Å². The Labute approximate surface area is 175 Å². The van der Waals surface area contributed by atoms with Crippen LogP contribution >= 0.6 is 22.9 Å². The topological polar surface area (TPSA) is 71.5 Å². The average molecular weight is 454 g/mol. The second-order valence-corrected chi connectivity index (χ2v) is 10.3. The maximum absolute atomic E-state index is 13.1. The number of anilines is 1. The average Bonchev–Trinajstić information content (AvgIpc) is 3.05. The van der Waals surface area contributed by atoms with Crippen molar-refractivity contribution in [3.05, 3.63) is 75.4 Å². The Morgan fingerprint density at radius 1 is 1.07 bits per heavy atom. The Kier molecular flexibility index (Phi) is 6.04. The standard InChI is InChI=1S/C19H16ClNO4S3/c1-13-17(28(24,25)16-10-8-14(20)9-11-16)12-26-18(13)19(22)21(27(2)23)15-6-4-3-5-7-15/h3-12H,1-2H3/t27-/m0/s1. The number of carbonyl (C=O) groups is 1. The zero-order valence-electron chi connectivity index (χ0n) is 15.0. The molecule has 0 aliphatic heterocycles. The van der Waals surface area contributed by atoms with Gasteiger partial charge in [-0.25, -0.2) is 16.9 Å². The molecule has 1 atom stereocenters. The molecule has 0 aliphatic rings. The van der Waals surface area contributed by atoms with Crippen molar-refractivity contribution in [2.45, 2.75) is 16.7 Å². The quantitative estimate of drug-likeness (QED) is 0.570. The van der Waals surface area contributed by atoms with Crippen molar-refractivity contribution >= 4 is 55.4 Å². The van der Waals surface area contributed by atoms with Gasteiger partial charge in [-0.3, -0.25) is 4.79 Å². The fourth-order valence-electron chi connectivity index (χ4n) is 2.66. The summed E-state index contributed by atoms with van der Waals surface area (Å²) in [5, 5.41) is 1.87. The lowest BCUT2D eigenvalue weighted by atomic mass is 10.2. The fourth-order valence-corrected chi connectivity index (χ4v) is 6.43. The first kappa shape index (κ1) is 20.7. The van der Waals surface area contributed by atoms with Crippen molar-refractivity contribution in [3.63, 3.8) is 0 Å². The Morgan fingerprint density at radius 2 is 1.68 bits per heavy atom. The molecule has 0 N–H and O–H groups in total. The second-order valence-electron chi connectivity index (χ2n) is 5.87. The van der Waals surface area contributed by atoms with E-state index in [-0.39, 0.29) is 14.7 Å². The number of para-hydroxylation sites is 1. The van der Waals surface area contributed by atoms with E-state index in [0.29, 0.717) is 16.3 Å². The third-order valence-corrected chi connectivity index (χ3v) is 8.29. The number of carbonyl (C=O) groups excluding carboxylic acids is 1. The third-order valence-electron chi connectivity index (χ3n) is 4.03. The van der Waals surface area contributed by atoms with Crippen LogP contribution in [0.3, 0.4) is 0 Å². The number of thiophene rings is 1. The Hall–Kier alpha value is -2.00. The number of amides is 1. The van der Waals surface area contributed by atoms with Crippen LogP contribution in [0.5, 0.6) is 0 Å². The van der Waals surface area contributed by atoms with Crippen LogP contribution < -0.4 is 4.31 Å². The summed E-state index contributed by atoms with van der Waals surface area (Å²) in [5.41, 5.74) is 0.805. The highest BCUT2D eigenvalue weighted by molar-refractivity contribution is 7.91. The minimum absolute atomic E-state index is 0.0538. The van der Waals surface area contributed by atoms with E-state index in [2.05, 4.69) is 0 Å². The van der Waals surface area contributed by atoms with Gasteiger partial charge in [0.15, 0.2) is 0 Å². The van der Waals surface area contributed by atoms with Gasteiger partial charge in [0.25, 0.3) is 5.91 Å². The monoisotopic (exact) mass is 453 g/mol. The van der Waals surface area contributed by atoms with Crippen LogP contribution in [0.2, 0.25) is 5.02 Å². The molecule has 0 spiro atoms. The molecule has 28 heavy (non-hydrogen) atoms. The predicted molar refractivity (Wildman–Crippen MR) is 113 cm³/mol. The molecule has 3 aromatic rings. The van der Waals surface area contributed by atoms with Gasteiger partial charge in [-0.05, 0) is 48.9 Å². The maximum atomic E-state index is 13.1. The van der Waals surface area contributed by atoms with Crippen LogP contribution in [-0.2, 0) is 20.8 Å². The van der Waals surface area contributed by atoms with Crippen LogP contribution in [0.1, 0.15) is 15.2 Å². The summed E-state index contributed by atoms with van der Waals surface area (Å²) < 4.78 is 39.3. The zero-order chi connectivity index (χ0) is 20.5. The van der Waals surface area contributed by atoms with Gasteiger partial charge in [0.2, 0.25) is 9.84 Å². The largest absolute Gasteiger partial charge is 0.280 e. The highest BCUT2D eigenvalue weighted by atomic mass is 35.5. The summed E-state index contributed by atoms with van der Waals surface area (Å²) in [7, 11) is -5.42. The van der Waals surface area contributed by atoms with E-state index in [0.717, 1.165) is 15.6 Å². The van der Waals surface area contributed by atoms with Crippen LogP contribution in [0, 0.1) is 6.92 Å². The first-order valence-corrected chi connectivity index (χ1v) is 12.3. The van der Waals surface area contributed by atoms with Gasteiger partial charge in [-0.1, -0.05) is 29.8 Å². The summed E-state index contributed by atoms with van der Waals surface area (Å²) in [6, 6.07) is 14.5. The first-order chi connectivity index (χ1) is 13.2. The Morgan fingerprint density at radius 3 is 2.25 bits per heavy atom. The molecule has 9 heteroatoms. The Bertz CT molecular complexity index is 1140. The molecule has 0 aliphatic carbocycles. The highest BCUT2D eigenvalue weighted by Crippen LogP contribution is 2.33. The van der Waals surface area contributed by atoms with Crippen molar-refractivity contribution in [2.24, 2.45) is 0 Å². The number of halogens is 1. The smallest absolute Gasteiger partial charge is 0.267 e. The molecule has 2 aromatic carbocycles. The number of hydrogen-bond donors (Lipinski definition) is 0. The van der Waals surface area contributed by atoms with Crippen molar-refractivity contribution in [1.29, 1.82) is 0 Å². The minimum atomic E-state index is -3.80. The number of nitrogens with zero attached hydrogens (tertiary/aromatic N) is 1. The molecule has 146 valence electrons. The summed E-state index contributed by atoms with van der Waals surface area (Å²) in [4.78, 5) is 13.4. The summed E-state index contributed by atoms with van der Waals surface area (Å²) in [5.74, 6) is -0.507. The molecule has 0 saturated heterocycles. The number of rotatable bonds is 5. The van der Waals surface area contributed by atoms with Crippen LogP contribution in [0.25, 0.3) is 0 Å². The van der Waals surface area contributed by atoms with E-state index in [1.165, 1.54) is 35.9 Å². The highest BCUT2D eigenvalue weighted by Gasteiger charge is 2.29. The number of sulfone groups is 1. The van der Waals surface area contributed by atoms with E-state index in [9.17, 15) is 17.4 Å². The van der Waals surface area contributed by atoms with Gasteiger partial charge in [-0.15, -0.1) is 11.3 Å². The summed E-state index contributed by atoms with van der Waals surface area (Å²) in [6.45, 7) is 1.58. The summed E-state index contributed by atoms with van der Waals surface area (Å²) >= 11 is 6.85. The SMILES string of the molecule is Cc1c(S(=O)(=O)c2ccc(Cl)cc2)csc1C(=O)N(c1ccccc1)[S@](C)=O. The lowest BCUT2D eigenvalue weighted by Gasteiger charge is -2.19. The molecule has 0 bridgehead atoms. The molecule has 1 aromatic heterocycles. The van der Waals surface area contributed by atoms with Crippen LogP contribution in [-0.4, -0.2) is 24.8 Å². The molecule has 0 radical (unpaired) electrons. The molecule has 5 nitrogen and oxygen atoms in total. The zero-order valence-corrected chi connectivity index (χ0v) is 18.2. The molecule has 1 amide bonds. The van der Waals surface area contributed by atoms with Gasteiger partial charge < -0.3 is 0 Å². The third kappa shape index (κ3) is 3.91. The van der Waals surface area contributed by atoms with Gasteiger partial charge in [0, 0.05) is 16.7 Å². The maximum Gasteiger partial charge on any atom is 0.280 e. The normalized spacial score (nSPS) is 12.5. The first-order valence-electron chi connectivity index (χ1n) is 8.05. The summed E-state index contributed by atoms with van der Waals surface area (Å²) in [6.07, 6.45) is 1.40. The lowest BCUT2D eigenvalue weighted by Crippen LogP contribution is -2.32. The van der Waals surface area contributed by atoms with E-state index < -0.39 is 26.7 Å². The molecular weight excluding hydrogens is 438 g/mol. The van der Waals surface area contributed by atoms with Crippen LogP contribution in [0.4, 0.5) is 5.69 Å². The van der Waals surface area contributed by atoms with E-state index >= 15 is 0 Å². The molecule has 0 fully saturated rings. The van der Waals surface area contributed by atoms with Crippen molar-refractivity contribution in [1.82, 2.24) is 0 Å². The van der Waals surface area contributed by atoms with Crippen molar-refractivity contribution in [3.8, 4) is 0 Å².